The van der Waals surface area contributed by atoms with Gasteiger partial charge in [0.2, 0.25) is 0 Å². The second kappa shape index (κ2) is 7.26. The first-order valence-corrected chi connectivity index (χ1v) is 6.95. The lowest BCUT2D eigenvalue weighted by Crippen LogP contribution is -2.33. The maximum absolute atomic E-state index is 12.1. The van der Waals surface area contributed by atoms with Crippen LogP contribution in [0.3, 0.4) is 0 Å². The summed E-state index contributed by atoms with van der Waals surface area (Å²) < 4.78 is 0. The van der Waals surface area contributed by atoms with E-state index in [4.69, 9.17) is 5.11 Å². The predicted octanol–water partition coefficient (Wildman–Crippen LogP) is 3.33. The van der Waals surface area contributed by atoms with E-state index in [0.717, 1.165) is 11.1 Å². The van der Waals surface area contributed by atoms with E-state index in [0.29, 0.717) is 5.69 Å². The van der Waals surface area contributed by atoms with E-state index in [2.05, 4.69) is 10.6 Å². The van der Waals surface area contributed by atoms with Crippen LogP contribution in [0.25, 0.3) is 0 Å². The van der Waals surface area contributed by atoms with Crippen LogP contribution in [0.2, 0.25) is 0 Å². The van der Waals surface area contributed by atoms with Gasteiger partial charge in [0.25, 0.3) is 0 Å². The molecule has 5 heteroatoms. The zero-order valence-corrected chi connectivity index (χ0v) is 12.2. The van der Waals surface area contributed by atoms with Crippen molar-refractivity contribution in [2.45, 2.75) is 19.4 Å². The molecule has 22 heavy (non-hydrogen) atoms. The van der Waals surface area contributed by atoms with Gasteiger partial charge in [-0.3, -0.25) is 4.79 Å². The molecular weight excluding hydrogens is 280 g/mol. The number of aliphatic carboxylic acids is 1. The Hall–Kier alpha value is -2.82. The molecule has 114 valence electrons. The zero-order valence-electron chi connectivity index (χ0n) is 12.2. The first-order chi connectivity index (χ1) is 10.5. The second-order valence-corrected chi connectivity index (χ2v) is 5.03. The molecule has 1 atom stereocenters. The summed E-state index contributed by atoms with van der Waals surface area (Å²) >= 11 is 0. The highest BCUT2D eigenvalue weighted by Crippen LogP contribution is 2.17. The van der Waals surface area contributed by atoms with E-state index in [1.165, 1.54) is 0 Å². The SMILES string of the molecule is Cc1cccc(NC(=O)N[C@H](CC(=O)O)c2ccccc2)c1. The van der Waals surface area contributed by atoms with Crippen LogP contribution in [0, 0.1) is 6.92 Å². The average Bonchev–Trinajstić information content (AvgIpc) is 2.47. The van der Waals surface area contributed by atoms with Crippen LogP contribution >= 0.6 is 0 Å². The van der Waals surface area contributed by atoms with Crippen molar-refractivity contribution in [3.8, 4) is 0 Å². The van der Waals surface area contributed by atoms with Gasteiger partial charge >= 0.3 is 12.0 Å². The molecule has 2 aromatic carbocycles. The molecule has 0 bridgehead atoms. The summed E-state index contributed by atoms with van der Waals surface area (Å²) in [6, 6.07) is 15.4. The van der Waals surface area contributed by atoms with E-state index >= 15 is 0 Å². The van der Waals surface area contributed by atoms with Crippen molar-refractivity contribution >= 4 is 17.7 Å². The van der Waals surface area contributed by atoms with Crippen molar-refractivity contribution < 1.29 is 14.7 Å². The minimum atomic E-state index is -0.968. The topological polar surface area (TPSA) is 78.4 Å². The number of rotatable bonds is 5. The van der Waals surface area contributed by atoms with Crippen LogP contribution < -0.4 is 10.6 Å². The van der Waals surface area contributed by atoms with Gasteiger partial charge in [-0.2, -0.15) is 0 Å². The molecule has 2 aromatic rings. The Morgan fingerprint density at radius 3 is 2.45 bits per heavy atom. The molecule has 3 N–H and O–H groups in total. The molecule has 0 saturated carbocycles. The number of carboxylic acids is 1. The molecule has 2 amide bonds. The number of benzene rings is 2. The smallest absolute Gasteiger partial charge is 0.319 e. The van der Waals surface area contributed by atoms with Gasteiger partial charge in [0.15, 0.2) is 0 Å². The number of amides is 2. The highest BCUT2D eigenvalue weighted by atomic mass is 16.4. The van der Waals surface area contributed by atoms with Crippen LogP contribution in [0.1, 0.15) is 23.6 Å². The van der Waals surface area contributed by atoms with Crippen molar-refractivity contribution in [3.63, 3.8) is 0 Å². The lowest BCUT2D eigenvalue weighted by atomic mass is 10.0. The van der Waals surface area contributed by atoms with Gasteiger partial charge in [0, 0.05) is 5.69 Å². The van der Waals surface area contributed by atoms with Gasteiger partial charge in [0.05, 0.1) is 12.5 Å². The molecule has 0 fully saturated rings. The van der Waals surface area contributed by atoms with Gasteiger partial charge < -0.3 is 15.7 Å². The van der Waals surface area contributed by atoms with Crippen LogP contribution in [-0.4, -0.2) is 17.1 Å². The Morgan fingerprint density at radius 1 is 1.09 bits per heavy atom. The van der Waals surface area contributed by atoms with Gasteiger partial charge in [-0.25, -0.2) is 4.79 Å². The maximum atomic E-state index is 12.1. The summed E-state index contributed by atoms with van der Waals surface area (Å²) in [4.78, 5) is 23.1. The fourth-order valence-electron chi connectivity index (χ4n) is 2.16. The molecule has 0 aromatic heterocycles. The monoisotopic (exact) mass is 298 g/mol. The molecule has 0 aliphatic carbocycles. The lowest BCUT2D eigenvalue weighted by molar-refractivity contribution is -0.137. The van der Waals surface area contributed by atoms with Gasteiger partial charge in [-0.15, -0.1) is 0 Å². The molecule has 0 spiro atoms. The predicted molar refractivity (Wildman–Crippen MR) is 84.8 cm³/mol. The number of hydrogen-bond acceptors (Lipinski definition) is 2. The molecule has 0 saturated heterocycles. The molecule has 0 unspecified atom stereocenters. The number of hydrogen-bond donors (Lipinski definition) is 3. The van der Waals surface area contributed by atoms with Gasteiger partial charge in [-0.1, -0.05) is 42.5 Å². The third-order valence-electron chi connectivity index (χ3n) is 3.16. The first-order valence-electron chi connectivity index (χ1n) is 6.95. The maximum Gasteiger partial charge on any atom is 0.319 e. The molecular formula is C17H18N2O3. The van der Waals surface area contributed by atoms with Crippen molar-refractivity contribution in [2.75, 3.05) is 5.32 Å². The Kier molecular flexibility index (Phi) is 5.14. The molecule has 2 rings (SSSR count). The van der Waals surface area contributed by atoms with E-state index in [1.807, 2.05) is 43.3 Å². The lowest BCUT2D eigenvalue weighted by Gasteiger charge is -2.18. The fraction of sp³-hybridized carbons (Fsp3) is 0.176. The molecule has 0 radical (unpaired) electrons. The van der Waals surface area contributed by atoms with Gasteiger partial charge in [0.1, 0.15) is 0 Å². The molecule has 0 aliphatic rings. The van der Waals surface area contributed by atoms with Crippen molar-refractivity contribution in [1.29, 1.82) is 0 Å². The summed E-state index contributed by atoms with van der Waals surface area (Å²) in [5.41, 5.74) is 2.45. The number of urea groups is 1. The average molecular weight is 298 g/mol. The molecule has 0 aliphatic heterocycles. The van der Waals surface area contributed by atoms with Gasteiger partial charge in [-0.05, 0) is 30.2 Å². The van der Waals surface area contributed by atoms with E-state index in [-0.39, 0.29) is 6.42 Å². The van der Waals surface area contributed by atoms with Crippen molar-refractivity contribution in [1.82, 2.24) is 5.32 Å². The highest BCUT2D eigenvalue weighted by molar-refractivity contribution is 5.89. The van der Waals surface area contributed by atoms with Crippen LogP contribution in [0.15, 0.2) is 54.6 Å². The third kappa shape index (κ3) is 4.63. The summed E-state index contributed by atoms with van der Waals surface area (Å²) in [7, 11) is 0. The standard InChI is InChI=1S/C17H18N2O3/c1-12-6-5-9-14(10-12)18-17(22)19-15(11-16(20)21)13-7-3-2-4-8-13/h2-10,15H,11H2,1H3,(H,20,21)(H2,18,19,22)/t15-/m1/s1. The van der Waals surface area contributed by atoms with E-state index < -0.39 is 18.0 Å². The minimum Gasteiger partial charge on any atom is -0.481 e. The zero-order chi connectivity index (χ0) is 15.9. The summed E-state index contributed by atoms with van der Waals surface area (Å²) in [5, 5.41) is 14.4. The Balaban J connectivity index is 2.06. The number of aryl methyl sites for hydroxylation is 1. The quantitative estimate of drug-likeness (QED) is 0.792. The van der Waals surface area contributed by atoms with Crippen molar-refractivity contribution in [2.24, 2.45) is 0 Å². The highest BCUT2D eigenvalue weighted by Gasteiger charge is 2.17. The molecule has 5 nitrogen and oxygen atoms in total. The first kappa shape index (κ1) is 15.6. The Labute approximate surface area is 129 Å². The largest absolute Gasteiger partial charge is 0.481 e. The fourth-order valence-corrected chi connectivity index (χ4v) is 2.16. The minimum absolute atomic E-state index is 0.175. The summed E-state index contributed by atoms with van der Waals surface area (Å²) in [6.45, 7) is 1.93. The second-order valence-electron chi connectivity index (χ2n) is 5.03. The summed E-state index contributed by atoms with van der Waals surface area (Å²) in [6.07, 6.45) is -0.175. The third-order valence-corrected chi connectivity index (χ3v) is 3.16. The van der Waals surface area contributed by atoms with Crippen LogP contribution in [0.4, 0.5) is 10.5 Å². The normalized spacial score (nSPS) is 11.5. The number of nitrogens with one attached hydrogen (secondary N) is 2. The number of carboxylic acid groups (broad SMARTS) is 1. The number of anilines is 1. The van der Waals surface area contributed by atoms with Crippen LogP contribution in [-0.2, 0) is 4.79 Å². The Morgan fingerprint density at radius 2 is 1.82 bits per heavy atom. The Bertz CT molecular complexity index is 656. The van der Waals surface area contributed by atoms with E-state index in [9.17, 15) is 9.59 Å². The number of carbonyl (C=O) groups excluding carboxylic acids is 1. The summed E-state index contributed by atoms with van der Waals surface area (Å²) in [5.74, 6) is -0.968. The van der Waals surface area contributed by atoms with Crippen molar-refractivity contribution in [3.05, 3.63) is 65.7 Å². The number of carbonyl (C=O) groups is 2. The molecule has 0 heterocycles. The van der Waals surface area contributed by atoms with E-state index in [1.54, 1.807) is 18.2 Å². The van der Waals surface area contributed by atoms with Crippen LogP contribution in [0.5, 0.6) is 0 Å².